The molecule has 54 valence electrons. The van der Waals surface area contributed by atoms with E-state index in [-0.39, 0.29) is 5.92 Å². The van der Waals surface area contributed by atoms with Crippen LogP contribution in [0.4, 0.5) is 8.78 Å². The summed E-state index contributed by atoms with van der Waals surface area (Å²) >= 11 is 0. The number of hydrogen-bond acceptors (Lipinski definition) is 1. The summed E-state index contributed by atoms with van der Waals surface area (Å²) in [7, 11) is 0. The fourth-order valence-electron chi connectivity index (χ4n) is 1.22. The molecule has 1 aliphatic carbocycles. The number of rotatable bonds is 2. The van der Waals surface area contributed by atoms with Gasteiger partial charge in [-0.05, 0) is 25.3 Å². The zero-order valence-corrected chi connectivity index (χ0v) is 5.19. The third kappa shape index (κ3) is 1.21. The van der Waals surface area contributed by atoms with Crippen molar-refractivity contribution in [1.29, 1.82) is 0 Å². The lowest BCUT2D eigenvalue weighted by atomic mass is 9.74. The van der Waals surface area contributed by atoms with Gasteiger partial charge in [-0.1, -0.05) is 0 Å². The number of halogens is 2. The summed E-state index contributed by atoms with van der Waals surface area (Å²) in [4.78, 5) is 0. The zero-order valence-electron chi connectivity index (χ0n) is 5.19. The molecule has 0 spiro atoms. The number of alkyl halides is 2. The standard InChI is InChI=1S/C6H11F2N/c7-6(8)5-2-1-4(5)3-9/h4-6H,1-3,9H2. The molecular weight excluding hydrogens is 124 g/mol. The SMILES string of the molecule is NCC1CCC1C(F)F. The van der Waals surface area contributed by atoms with Gasteiger partial charge in [0.05, 0.1) is 0 Å². The van der Waals surface area contributed by atoms with Gasteiger partial charge in [0.2, 0.25) is 6.43 Å². The van der Waals surface area contributed by atoms with E-state index >= 15 is 0 Å². The summed E-state index contributed by atoms with van der Waals surface area (Å²) in [5.74, 6) is -0.292. The first kappa shape index (κ1) is 6.93. The molecule has 0 aromatic rings. The summed E-state index contributed by atoms with van der Waals surface area (Å²) in [5.41, 5.74) is 5.23. The van der Waals surface area contributed by atoms with Gasteiger partial charge in [-0.3, -0.25) is 0 Å². The molecule has 0 aromatic carbocycles. The van der Waals surface area contributed by atoms with Gasteiger partial charge in [0, 0.05) is 5.92 Å². The third-order valence-corrected chi connectivity index (χ3v) is 2.10. The van der Waals surface area contributed by atoms with E-state index in [1.165, 1.54) is 0 Å². The Morgan fingerprint density at radius 2 is 2.11 bits per heavy atom. The van der Waals surface area contributed by atoms with Crippen molar-refractivity contribution in [1.82, 2.24) is 0 Å². The summed E-state index contributed by atoms with van der Waals surface area (Å²) in [5, 5.41) is 0. The molecule has 2 unspecified atom stereocenters. The molecule has 1 nitrogen and oxygen atoms in total. The average Bonchev–Trinajstić information content (AvgIpc) is 1.61. The van der Waals surface area contributed by atoms with E-state index in [4.69, 9.17) is 5.73 Å². The molecule has 2 atom stereocenters. The Morgan fingerprint density at radius 3 is 2.22 bits per heavy atom. The molecule has 1 fully saturated rings. The molecule has 0 aromatic heterocycles. The maximum atomic E-state index is 11.9. The maximum absolute atomic E-state index is 11.9. The van der Waals surface area contributed by atoms with Crippen LogP contribution in [0.2, 0.25) is 0 Å². The molecule has 0 aliphatic heterocycles. The fourth-order valence-corrected chi connectivity index (χ4v) is 1.22. The van der Waals surface area contributed by atoms with Crippen molar-refractivity contribution in [2.45, 2.75) is 19.3 Å². The van der Waals surface area contributed by atoms with E-state index in [9.17, 15) is 8.78 Å². The highest BCUT2D eigenvalue weighted by Gasteiger charge is 2.36. The van der Waals surface area contributed by atoms with Crippen molar-refractivity contribution in [3.63, 3.8) is 0 Å². The average molecular weight is 135 g/mol. The molecule has 2 N–H and O–H groups in total. The van der Waals surface area contributed by atoms with Gasteiger partial charge >= 0.3 is 0 Å². The molecule has 0 radical (unpaired) electrons. The summed E-state index contributed by atoms with van der Waals surface area (Å²) in [6, 6.07) is 0. The molecule has 0 amide bonds. The second-order valence-electron chi connectivity index (χ2n) is 2.57. The Morgan fingerprint density at radius 1 is 1.44 bits per heavy atom. The highest BCUT2D eigenvalue weighted by atomic mass is 19.3. The van der Waals surface area contributed by atoms with E-state index in [0.717, 1.165) is 6.42 Å². The lowest BCUT2D eigenvalue weighted by Gasteiger charge is -2.34. The van der Waals surface area contributed by atoms with Crippen molar-refractivity contribution in [3.8, 4) is 0 Å². The van der Waals surface area contributed by atoms with Crippen molar-refractivity contribution < 1.29 is 8.78 Å². The predicted octanol–water partition coefficient (Wildman–Crippen LogP) is 1.24. The first-order valence-corrected chi connectivity index (χ1v) is 3.24. The quantitative estimate of drug-likeness (QED) is 0.605. The van der Waals surface area contributed by atoms with Crippen LogP contribution in [0.25, 0.3) is 0 Å². The highest BCUT2D eigenvalue weighted by Crippen LogP contribution is 2.37. The van der Waals surface area contributed by atoms with Crippen LogP contribution in [0.5, 0.6) is 0 Å². The van der Waals surface area contributed by atoms with E-state index in [2.05, 4.69) is 0 Å². The maximum Gasteiger partial charge on any atom is 0.241 e. The molecule has 0 heterocycles. The summed E-state index contributed by atoms with van der Waals surface area (Å²) < 4.78 is 23.7. The van der Waals surface area contributed by atoms with Crippen molar-refractivity contribution in [2.24, 2.45) is 17.6 Å². The molecule has 1 aliphatic rings. The van der Waals surface area contributed by atoms with Crippen molar-refractivity contribution in [3.05, 3.63) is 0 Å². The molecule has 0 saturated heterocycles. The van der Waals surface area contributed by atoms with Gasteiger partial charge in [0.25, 0.3) is 0 Å². The Labute approximate surface area is 53.2 Å². The summed E-state index contributed by atoms with van der Waals surface area (Å²) in [6.45, 7) is 0.426. The molecule has 9 heavy (non-hydrogen) atoms. The monoisotopic (exact) mass is 135 g/mol. The van der Waals surface area contributed by atoms with Crippen LogP contribution in [-0.2, 0) is 0 Å². The first-order valence-electron chi connectivity index (χ1n) is 3.24. The topological polar surface area (TPSA) is 26.0 Å². The fraction of sp³-hybridized carbons (Fsp3) is 1.00. The molecule has 0 bridgehead atoms. The van der Waals surface area contributed by atoms with E-state index in [0.29, 0.717) is 13.0 Å². The van der Waals surface area contributed by atoms with Crippen LogP contribution in [-0.4, -0.2) is 13.0 Å². The highest BCUT2D eigenvalue weighted by molar-refractivity contribution is 4.82. The van der Waals surface area contributed by atoms with Gasteiger partial charge in [-0.25, -0.2) is 8.78 Å². The van der Waals surface area contributed by atoms with Gasteiger partial charge < -0.3 is 5.73 Å². The van der Waals surface area contributed by atoms with Gasteiger partial charge in [0.15, 0.2) is 0 Å². The lowest BCUT2D eigenvalue weighted by molar-refractivity contribution is -0.00809. The zero-order chi connectivity index (χ0) is 6.85. The van der Waals surface area contributed by atoms with E-state index < -0.39 is 12.3 Å². The molecule has 1 rings (SSSR count). The van der Waals surface area contributed by atoms with Crippen LogP contribution in [0.1, 0.15) is 12.8 Å². The van der Waals surface area contributed by atoms with E-state index in [1.54, 1.807) is 0 Å². The van der Waals surface area contributed by atoms with Gasteiger partial charge in [0.1, 0.15) is 0 Å². The van der Waals surface area contributed by atoms with Crippen LogP contribution >= 0.6 is 0 Å². The first-order chi connectivity index (χ1) is 4.25. The largest absolute Gasteiger partial charge is 0.330 e. The molecule has 3 heteroatoms. The Hall–Kier alpha value is -0.180. The second-order valence-corrected chi connectivity index (χ2v) is 2.57. The Balaban J connectivity index is 2.27. The minimum absolute atomic E-state index is 0.102. The normalized spacial score (nSPS) is 34.7. The van der Waals surface area contributed by atoms with Crippen molar-refractivity contribution in [2.75, 3.05) is 6.54 Å². The van der Waals surface area contributed by atoms with Crippen LogP contribution in [0.15, 0.2) is 0 Å². The van der Waals surface area contributed by atoms with Crippen LogP contribution in [0.3, 0.4) is 0 Å². The van der Waals surface area contributed by atoms with Crippen LogP contribution < -0.4 is 5.73 Å². The minimum Gasteiger partial charge on any atom is -0.330 e. The van der Waals surface area contributed by atoms with Crippen LogP contribution in [0, 0.1) is 11.8 Å². The minimum atomic E-state index is -2.15. The third-order valence-electron chi connectivity index (χ3n) is 2.10. The Bertz CT molecular complexity index is 93.1. The summed E-state index contributed by atoms with van der Waals surface area (Å²) in [6.07, 6.45) is -0.585. The van der Waals surface area contributed by atoms with Gasteiger partial charge in [-0.2, -0.15) is 0 Å². The van der Waals surface area contributed by atoms with Crippen molar-refractivity contribution >= 4 is 0 Å². The lowest BCUT2D eigenvalue weighted by Crippen LogP contribution is -2.36. The van der Waals surface area contributed by atoms with E-state index in [1.807, 2.05) is 0 Å². The second kappa shape index (κ2) is 2.60. The predicted molar refractivity (Wildman–Crippen MR) is 31.3 cm³/mol. The Kier molecular flexibility index (Phi) is 2.01. The molecule has 1 saturated carbocycles. The smallest absolute Gasteiger partial charge is 0.241 e. The number of nitrogens with two attached hydrogens (primary N) is 1. The number of hydrogen-bond donors (Lipinski definition) is 1. The molecular formula is C6H11F2N. The van der Waals surface area contributed by atoms with Gasteiger partial charge in [-0.15, -0.1) is 0 Å².